The second-order valence-corrected chi connectivity index (χ2v) is 5.19. The van der Waals surface area contributed by atoms with Crippen LogP contribution in [-0.4, -0.2) is 12.4 Å². The molecule has 1 aromatic rings. The Morgan fingerprint density at radius 3 is 1.80 bits per heavy atom. The zero-order valence-corrected chi connectivity index (χ0v) is 13.5. The fourth-order valence-electron chi connectivity index (χ4n) is 2.05. The predicted molar refractivity (Wildman–Crippen MR) is 90.3 cm³/mol. The van der Waals surface area contributed by atoms with E-state index >= 15 is 0 Å². The average Bonchev–Trinajstić information content (AvgIpc) is 2.40. The van der Waals surface area contributed by atoms with Crippen molar-refractivity contribution in [2.45, 2.75) is 41.5 Å². The Morgan fingerprint density at radius 1 is 0.900 bits per heavy atom. The van der Waals surface area contributed by atoms with Gasteiger partial charge in [-0.2, -0.15) is 0 Å². The van der Waals surface area contributed by atoms with Crippen LogP contribution in [0.25, 0.3) is 0 Å². The van der Waals surface area contributed by atoms with Crippen molar-refractivity contribution >= 4 is 12.4 Å². The summed E-state index contributed by atoms with van der Waals surface area (Å²) in [6.07, 6.45) is 0. The van der Waals surface area contributed by atoms with Crippen molar-refractivity contribution in [2.24, 2.45) is 0 Å². The maximum Gasteiger partial charge on any atom is 0.0689 e. The Hall–Kier alpha value is -1.96. The summed E-state index contributed by atoms with van der Waals surface area (Å²) < 4.78 is 0. The molecule has 0 aliphatic rings. The predicted octanol–water partition coefficient (Wildman–Crippen LogP) is 5.32. The highest BCUT2D eigenvalue weighted by molar-refractivity contribution is 6.14. The number of rotatable bonds is 3. The molecule has 20 heavy (non-hydrogen) atoms. The molecule has 0 spiro atoms. The molecule has 0 saturated heterocycles. The topological polar surface area (TPSA) is 47.7 Å². The molecule has 0 unspecified atom stereocenters. The third-order valence-electron chi connectivity index (χ3n) is 3.29. The Morgan fingerprint density at radius 2 is 1.40 bits per heavy atom. The molecule has 2 nitrogen and oxygen atoms in total. The van der Waals surface area contributed by atoms with Crippen LogP contribution in [0.5, 0.6) is 0 Å². The van der Waals surface area contributed by atoms with Crippen molar-refractivity contribution in [2.75, 3.05) is 0 Å². The lowest BCUT2D eigenvalue weighted by molar-refractivity contribution is 1.21. The van der Waals surface area contributed by atoms with Gasteiger partial charge in [-0.3, -0.25) is 5.41 Å². The minimum atomic E-state index is 0.631. The lowest BCUT2D eigenvalue weighted by Crippen LogP contribution is -2.09. The number of benzene rings is 1. The van der Waals surface area contributed by atoms with E-state index in [4.69, 9.17) is 10.8 Å². The van der Waals surface area contributed by atoms with Crippen molar-refractivity contribution in [1.82, 2.24) is 0 Å². The van der Waals surface area contributed by atoms with Gasteiger partial charge in [0.15, 0.2) is 0 Å². The Kier molecular flexibility index (Phi) is 7.45. The highest BCUT2D eigenvalue weighted by Gasteiger charge is 2.13. The van der Waals surface area contributed by atoms with Crippen LogP contribution < -0.4 is 0 Å². The third kappa shape index (κ3) is 4.30. The monoisotopic (exact) mass is 270 g/mol. The van der Waals surface area contributed by atoms with E-state index in [1.165, 1.54) is 16.7 Å². The van der Waals surface area contributed by atoms with Gasteiger partial charge < -0.3 is 5.41 Å². The molecule has 1 rings (SSSR count). The van der Waals surface area contributed by atoms with Crippen molar-refractivity contribution in [1.29, 1.82) is 10.8 Å². The van der Waals surface area contributed by atoms with Crippen LogP contribution in [0.3, 0.4) is 0 Å². The Balaban J connectivity index is 0.00000172. The summed E-state index contributed by atoms with van der Waals surface area (Å²) in [5.41, 5.74) is 7.56. The van der Waals surface area contributed by atoms with Crippen LogP contribution in [0, 0.1) is 17.7 Å². The first-order valence-electron chi connectivity index (χ1n) is 6.68. The molecule has 108 valence electrons. The fourth-order valence-corrected chi connectivity index (χ4v) is 2.05. The van der Waals surface area contributed by atoms with E-state index < -0.39 is 0 Å². The number of hydrogen-bond donors (Lipinski definition) is 2. The lowest BCUT2D eigenvalue weighted by atomic mass is 9.89. The highest BCUT2D eigenvalue weighted by atomic mass is 14.4. The summed E-state index contributed by atoms with van der Waals surface area (Å²) in [4.78, 5) is 0. The van der Waals surface area contributed by atoms with Crippen molar-refractivity contribution in [3.63, 3.8) is 0 Å². The first kappa shape index (κ1) is 18.0. The first-order valence-corrected chi connectivity index (χ1v) is 6.68. The molecule has 0 radical (unpaired) electrons. The highest BCUT2D eigenvalue weighted by Crippen LogP contribution is 2.23. The molecule has 0 aliphatic carbocycles. The number of allylic oxidation sites excluding steroid dienone is 4. The average molecular weight is 270 g/mol. The zero-order valence-electron chi connectivity index (χ0n) is 13.5. The molecule has 1 aromatic carbocycles. The summed E-state index contributed by atoms with van der Waals surface area (Å²) in [5, 5.41) is 14.0. The van der Waals surface area contributed by atoms with Crippen molar-refractivity contribution < 1.29 is 0 Å². The molecule has 0 atom stereocenters. The largest absolute Gasteiger partial charge is 0.317 e. The van der Waals surface area contributed by atoms with Crippen molar-refractivity contribution in [3.8, 4) is 0 Å². The van der Waals surface area contributed by atoms with Crippen LogP contribution in [0.1, 0.15) is 45.7 Å². The molecule has 0 aromatic heterocycles. The molecule has 0 heterocycles. The second kappa shape index (κ2) is 8.26. The molecule has 2 heteroatoms. The molecular weight excluding hydrogens is 244 g/mol. The molecule has 0 bridgehead atoms. The molecule has 0 fully saturated rings. The van der Waals surface area contributed by atoms with Gasteiger partial charge in [0.2, 0.25) is 0 Å². The van der Waals surface area contributed by atoms with Gasteiger partial charge in [-0.25, -0.2) is 0 Å². The van der Waals surface area contributed by atoms with E-state index in [1.807, 2.05) is 18.2 Å². The van der Waals surface area contributed by atoms with Gasteiger partial charge >= 0.3 is 0 Å². The fraction of sp³-hybridized carbons (Fsp3) is 0.333. The van der Waals surface area contributed by atoms with E-state index in [9.17, 15) is 0 Å². The second-order valence-electron chi connectivity index (χ2n) is 5.19. The van der Waals surface area contributed by atoms with Gasteiger partial charge in [0.25, 0.3) is 0 Å². The Bertz CT molecular complexity index is 540. The van der Waals surface area contributed by atoms with E-state index in [0.717, 1.165) is 16.7 Å². The summed E-state index contributed by atoms with van der Waals surface area (Å²) >= 11 is 0. The number of nitrogens with one attached hydrogen (secondary N) is 2. The van der Waals surface area contributed by atoms with Crippen LogP contribution in [0.2, 0.25) is 0 Å². The summed E-state index contributed by atoms with van der Waals surface area (Å²) in [6.45, 7) is 15.0. The standard InChI is InChI=1S/C17H23N.CH3N/c1-11(2)14(6)16(12(3)4)17(18)15-10-8-7-9-13(15)5;1-2/h7-10,18H,1-6H3;2H,1H2. The normalized spacial score (nSPS) is 9.10. The van der Waals surface area contributed by atoms with Gasteiger partial charge in [-0.15, -0.1) is 0 Å². The van der Waals surface area contributed by atoms with Gasteiger partial charge in [0.1, 0.15) is 0 Å². The van der Waals surface area contributed by atoms with Crippen LogP contribution in [-0.2, 0) is 0 Å². The van der Waals surface area contributed by atoms with E-state index in [2.05, 4.69) is 54.3 Å². The van der Waals surface area contributed by atoms with Crippen LogP contribution >= 0.6 is 0 Å². The minimum absolute atomic E-state index is 0.631. The van der Waals surface area contributed by atoms with E-state index in [-0.39, 0.29) is 0 Å². The third-order valence-corrected chi connectivity index (χ3v) is 3.29. The first-order chi connectivity index (χ1) is 9.36. The summed E-state index contributed by atoms with van der Waals surface area (Å²) in [5.74, 6) is 0. The van der Waals surface area contributed by atoms with E-state index in [0.29, 0.717) is 5.71 Å². The Labute approximate surface area is 123 Å². The van der Waals surface area contributed by atoms with Gasteiger partial charge in [0.05, 0.1) is 5.71 Å². The molecule has 0 aliphatic heterocycles. The SMILES string of the molecule is C=N.CC(C)=C(C)C(C(=N)c1ccccc1C)=C(C)C. The van der Waals surface area contributed by atoms with Crippen LogP contribution in [0.15, 0.2) is 46.6 Å². The number of hydrogen-bond acceptors (Lipinski definition) is 2. The summed E-state index contributed by atoms with van der Waals surface area (Å²) in [7, 11) is 0. The zero-order chi connectivity index (χ0) is 15.9. The summed E-state index contributed by atoms with van der Waals surface area (Å²) in [6, 6.07) is 8.10. The minimum Gasteiger partial charge on any atom is -0.317 e. The molecule has 0 saturated carbocycles. The van der Waals surface area contributed by atoms with Crippen LogP contribution in [0.4, 0.5) is 0 Å². The van der Waals surface area contributed by atoms with Crippen molar-refractivity contribution in [3.05, 3.63) is 57.7 Å². The van der Waals surface area contributed by atoms with Gasteiger partial charge in [-0.1, -0.05) is 35.4 Å². The van der Waals surface area contributed by atoms with Gasteiger partial charge in [-0.05, 0) is 59.4 Å². The smallest absolute Gasteiger partial charge is 0.0689 e. The maximum absolute atomic E-state index is 8.49. The molecular formula is C18H26N2. The lowest BCUT2D eigenvalue weighted by Gasteiger charge is -2.16. The molecule has 2 N–H and O–H groups in total. The quantitative estimate of drug-likeness (QED) is 0.551. The van der Waals surface area contributed by atoms with E-state index in [1.54, 1.807) is 0 Å². The molecule has 0 amide bonds. The van der Waals surface area contributed by atoms with Gasteiger partial charge in [0, 0.05) is 11.1 Å². The maximum atomic E-state index is 8.49. The number of aryl methyl sites for hydroxylation is 1.